The van der Waals surface area contributed by atoms with Gasteiger partial charge in [0.25, 0.3) is 0 Å². The van der Waals surface area contributed by atoms with Gasteiger partial charge in [-0.15, -0.1) is 0 Å². The molecule has 1 amide bonds. The number of rotatable bonds is 7. The maximum absolute atomic E-state index is 13.1. The van der Waals surface area contributed by atoms with Crippen molar-refractivity contribution in [1.29, 1.82) is 0 Å². The van der Waals surface area contributed by atoms with Gasteiger partial charge in [0.2, 0.25) is 5.91 Å². The van der Waals surface area contributed by atoms with Gasteiger partial charge >= 0.3 is 5.69 Å². The monoisotopic (exact) mass is 420 g/mol. The molecule has 11 heteroatoms. The fourth-order valence-corrected chi connectivity index (χ4v) is 3.17. The Hall–Kier alpha value is -3.27. The summed E-state index contributed by atoms with van der Waals surface area (Å²) < 4.78 is 16.1. The Kier molecular flexibility index (Phi) is 5.92. The molecule has 0 aliphatic rings. The second-order valence-corrected chi connectivity index (χ2v) is 6.87. The lowest BCUT2D eigenvalue weighted by atomic mass is 10.2. The number of nitrogens with zero attached hydrogens (tertiary/aromatic N) is 5. The average Bonchev–Trinajstić information content (AvgIpc) is 3.19. The summed E-state index contributed by atoms with van der Waals surface area (Å²) in [5.41, 5.74) is 1.87. The molecular formula is C18H18ClFN6O3. The third-order valence-corrected chi connectivity index (χ3v) is 4.69. The quantitative estimate of drug-likeness (QED) is 0.465. The number of amides is 1. The lowest BCUT2D eigenvalue weighted by Gasteiger charge is -2.05. The van der Waals surface area contributed by atoms with E-state index < -0.39 is 10.7 Å². The average molecular weight is 421 g/mol. The van der Waals surface area contributed by atoms with Crippen LogP contribution in [-0.4, -0.2) is 30.4 Å². The Morgan fingerprint density at radius 3 is 2.79 bits per heavy atom. The van der Waals surface area contributed by atoms with E-state index in [4.69, 9.17) is 11.6 Å². The Morgan fingerprint density at radius 2 is 2.14 bits per heavy atom. The van der Waals surface area contributed by atoms with Gasteiger partial charge in [0.1, 0.15) is 17.2 Å². The standard InChI is InChI=1S/C18H18ClFN6O3/c1-11-18(26(28)29)12(2)25(23-11)6-5-17(27)22-15-8-21-24(10-15)9-13-3-4-14(20)7-16(13)19/h3-4,7-8,10H,5-6,9H2,1-2H3,(H,22,27). The van der Waals surface area contributed by atoms with Gasteiger partial charge in [0.05, 0.1) is 29.9 Å². The number of halogens is 2. The van der Waals surface area contributed by atoms with E-state index in [1.54, 1.807) is 30.8 Å². The van der Waals surface area contributed by atoms with Crippen molar-refractivity contribution in [3.05, 3.63) is 68.5 Å². The molecule has 0 bridgehead atoms. The molecule has 0 radical (unpaired) electrons. The lowest BCUT2D eigenvalue weighted by Crippen LogP contribution is -2.15. The Bertz CT molecular complexity index is 1080. The molecular weight excluding hydrogens is 403 g/mol. The Morgan fingerprint density at radius 1 is 1.38 bits per heavy atom. The summed E-state index contributed by atoms with van der Waals surface area (Å²) in [5, 5.41) is 22.3. The molecule has 0 fully saturated rings. The van der Waals surface area contributed by atoms with E-state index in [1.165, 1.54) is 23.0 Å². The molecule has 29 heavy (non-hydrogen) atoms. The normalized spacial score (nSPS) is 10.9. The highest BCUT2D eigenvalue weighted by Crippen LogP contribution is 2.22. The number of aryl methyl sites for hydroxylation is 2. The summed E-state index contributed by atoms with van der Waals surface area (Å²) in [6, 6.07) is 4.12. The third kappa shape index (κ3) is 4.77. The number of hydrogen-bond acceptors (Lipinski definition) is 5. The van der Waals surface area contributed by atoms with Crippen LogP contribution >= 0.6 is 11.6 Å². The van der Waals surface area contributed by atoms with Crippen molar-refractivity contribution in [2.75, 3.05) is 5.32 Å². The fourth-order valence-electron chi connectivity index (χ4n) is 2.94. The van der Waals surface area contributed by atoms with Crippen molar-refractivity contribution < 1.29 is 14.1 Å². The van der Waals surface area contributed by atoms with Crippen molar-refractivity contribution in [3.8, 4) is 0 Å². The summed E-state index contributed by atoms with van der Waals surface area (Å²) in [6.45, 7) is 3.69. The zero-order valence-corrected chi connectivity index (χ0v) is 16.5. The summed E-state index contributed by atoms with van der Waals surface area (Å²) in [6.07, 6.45) is 3.21. The molecule has 0 aliphatic heterocycles. The number of carbonyl (C=O) groups excluding carboxylic acids is 1. The lowest BCUT2D eigenvalue weighted by molar-refractivity contribution is -0.386. The van der Waals surface area contributed by atoms with Crippen molar-refractivity contribution in [2.45, 2.75) is 33.4 Å². The first-order valence-corrected chi connectivity index (χ1v) is 9.07. The van der Waals surface area contributed by atoms with E-state index >= 15 is 0 Å². The number of hydrogen-bond donors (Lipinski definition) is 1. The van der Waals surface area contributed by atoms with Crippen LogP contribution in [0.15, 0.2) is 30.6 Å². The highest BCUT2D eigenvalue weighted by Gasteiger charge is 2.21. The molecule has 1 aromatic carbocycles. The van der Waals surface area contributed by atoms with Crippen molar-refractivity contribution in [3.63, 3.8) is 0 Å². The SMILES string of the molecule is Cc1nn(CCC(=O)Nc2cnn(Cc3ccc(F)cc3Cl)c2)c(C)c1[N+](=O)[O-]. The second kappa shape index (κ2) is 8.39. The predicted molar refractivity (Wildman–Crippen MR) is 104 cm³/mol. The molecule has 0 unspecified atom stereocenters. The largest absolute Gasteiger partial charge is 0.323 e. The van der Waals surface area contributed by atoms with Gasteiger partial charge in [-0.3, -0.25) is 24.3 Å². The zero-order valence-electron chi connectivity index (χ0n) is 15.7. The molecule has 2 aromatic heterocycles. The van der Waals surface area contributed by atoms with Crippen LogP contribution in [0.4, 0.5) is 15.8 Å². The van der Waals surface area contributed by atoms with Crippen LogP contribution in [0.1, 0.15) is 23.4 Å². The molecule has 0 spiro atoms. The van der Waals surface area contributed by atoms with Gasteiger partial charge < -0.3 is 5.32 Å². The maximum Gasteiger partial charge on any atom is 0.312 e. The molecule has 0 aliphatic carbocycles. The Labute approximate surface area is 170 Å². The van der Waals surface area contributed by atoms with Crippen molar-refractivity contribution in [1.82, 2.24) is 19.6 Å². The van der Waals surface area contributed by atoms with E-state index in [0.717, 1.165) is 0 Å². The minimum Gasteiger partial charge on any atom is -0.323 e. The predicted octanol–water partition coefficient (Wildman–Crippen LogP) is 3.47. The number of aromatic nitrogens is 4. The van der Waals surface area contributed by atoms with Crippen LogP contribution in [0.2, 0.25) is 5.02 Å². The van der Waals surface area contributed by atoms with E-state index in [-0.39, 0.29) is 24.6 Å². The van der Waals surface area contributed by atoms with E-state index in [1.807, 2.05) is 0 Å². The second-order valence-electron chi connectivity index (χ2n) is 6.46. The van der Waals surface area contributed by atoms with Gasteiger partial charge in [-0.05, 0) is 31.5 Å². The number of nitro groups is 1. The van der Waals surface area contributed by atoms with Gasteiger partial charge in [-0.1, -0.05) is 17.7 Å². The summed E-state index contributed by atoms with van der Waals surface area (Å²) in [4.78, 5) is 22.8. The fraction of sp³-hybridized carbons (Fsp3) is 0.278. The van der Waals surface area contributed by atoms with Crippen molar-refractivity contribution >= 4 is 28.9 Å². The minimum absolute atomic E-state index is 0.0360. The first-order valence-electron chi connectivity index (χ1n) is 8.69. The van der Waals surface area contributed by atoms with Crippen LogP contribution < -0.4 is 5.32 Å². The molecule has 1 N–H and O–H groups in total. The molecule has 152 valence electrons. The first kappa shape index (κ1) is 20.5. The first-order chi connectivity index (χ1) is 13.7. The van der Waals surface area contributed by atoms with Crippen molar-refractivity contribution in [2.24, 2.45) is 0 Å². The molecule has 3 rings (SSSR count). The number of anilines is 1. The molecule has 9 nitrogen and oxygen atoms in total. The molecule has 3 aromatic rings. The van der Waals surface area contributed by atoms with Gasteiger partial charge in [-0.25, -0.2) is 4.39 Å². The third-order valence-electron chi connectivity index (χ3n) is 4.34. The molecule has 0 atom stereocenters. The van der Waals surface area contributed by atoms with Crippen LogP contribution in [0.3, 0.4) is 0 Å². The highest BCUT2D eigenvalue weighted by atomic mass is 35.5. The van der Waals surface area contributed by atoms with E-state index in [0.29, 0.717) is 34.2 Å². The van der Waals surface area contributed by atoms with Gasteiger partial charge in [0.15, 0.2) is 0 Å². The summed E-state index contributed by atoms with van der Waals surface area (Å²) >= 11 is 6.01. The minimum atomic E-state index is -0.476. The van der Waals surface area contributed by atoms with Crippen LogP contribution in [0.5, 0.6) is 0 Å². The number of carbonyl (C=O) groups is 1. The number of benzene rings is 1. The maximum atomic E-state index is 13.1. The van der Waals surface area contributed by atoms with Gasteiger partial charge in [0, 0.05) is 17.6 Å². The van der Waals surface area contributed by atoms with Crippen LogP contribution in [-0.2, 0) is 17.9 Å². The van der Waals surface area contributed by atoms with E-state index in [9.17, 15) is 19.3 Å². The van der Waals surface area contributed by atoms with E-state index in [2.05, 4.69) is 15.5 Å². The molecule has 2 heterocycles. The number of nitrogens with one attached hydrogen (secondary N) is 1. The summed E-state index contributed by atoms with van der Waals surface area (Å²) in [5.74, 6) is -0.695. The van der Waals surface area contributed by atoms with Crippen LogP contribution in [0.25, 0.3) is 0 Å². The zero-order chi connectivity index (χ0) is 21.1. The smallest absolute Gasteiger partial charge is 0.312 e. The summed E-state index contributed by atoms with van der Waals surface area (Å²) in [7, 11) is 0. The topological polar surface area (TPSA) is 108 Å². The Balaban J connectivity index is 1.58. The highest BCUT2D eigenvalue weighted by molar-refractivity contribution is 6.31. The van der Waals surface area contributed by atoms with Crippen LogP contribution in [0, 0.1) is 29.8 Å². The molecule has 0 saturated heterocycles. The molecule has 0 saturated carbocycles. The van der Waals surface area contributed by atoms with Gasteiger partial charge in [-0.2, -0.15) is 10.2 Å².